The quantitative estimate of drug-likeness (QED) is 0.616. The van der Waals surface area contributed by atoms with Crippen molar-refractivity contribution in [2.24, 2.45) is 0 Å². The minimum Gasteiger partial charge on any atom is -0.388 e. The van der Waals surface area contributed by atoms with Gasteiger partial charge in [-0.25, -0.2) is 0 Å². The minimum absolute atomic E-state index is 0.0453. The maximum absolute atomic E-state index is 11.3. The Morgan fingerprint density at radius 1 is 1.43 bits per heavy atom. The molecule has 5 nitrogen and oxygen atoms in total. The second-order valence-electron chi connectivity index (χ2n) is 2.85. The third kappa shape index (κ3) is 3.71. The monoisotopic (exact) mass is 207 g/mol. The lowest BCUT2D eigenvalue weighted by atomic mass is 10.1. The molecule has 0 aliphatic carbocycles. The fraction of sp³-hybridized carbons (Fsp3) is 0.889. The van der Waals surface area contributed by atoms with Crippen LogP contribution in [0.5, 0.6) is 0 Å². The van der Waals surface area contributed by atoms with Crippen molar-refractivity contribution < 1.29 is 25.5 Å². The van der Waals surface area contributed by atoms with Crippen molar-refractivity contribution in [3.63, 3.8) is 0 Å². The van der Waals surface area contributed by atoms with Gasteiger partial charge in [0.15, 0.2) is 5.78 Å². The standard InChI is InChI=1S/C9H18O5/c1-6(10)8(13-3)9(14-4)7(11)5-12-2/h7-9,11H,5H2,1-4H3/t7-,8+,9+/m1/s1/i1D. The number of ether oxygens (including phenoxy) is 3. The molecule has 0 aliphatic heterocycles. The van der Waals surface area contributed by atoms with Crippen LogP contribution in [0, 0.1) is 0 Å². The summed E-state index contributed by atoms with van der Waals surface area (Å²) in [4.78, 5) is 11.3. The number of Topliss-reactive ketones (excluding diaryl/α,β-unsaturated/α-hetero) is 1. The molecule has 0 unspecified atom stereocenters. The number of hydrogen-bond acceptors (Lipinski definition) is 5. The first-order chi connectivity index (χ1) is 7.12. The number of hydrogen-bond donors (Lipinski definition) is 1. The summed E-state index contributed by atoms with van der Waals surface area (Å²) in [6.45, 7) is -0.359. The Morgan fingerprint density at radius 3 is 2.43 bits per heavy atom. The number of carbonyl (C=O) groups excluding carboxylic acids is 1. The number of aliphatic hydroxyl groups excluding tert-OH is 1. The van der Waals surface area contributed by atoms with Crippen LogP contribution in [0.25, 0.3) is 0 Å². The molecule has 84 valence electrons. The molecule has 0 fully saturated rings. The van der Waals surface area contributed by atoms with E-state index in [-0.39, 0.29) is 6.61 Å². The van der Waals surface area contributed by atoms with Crippen molar-refractivity contribution in [2.75, 3.05) is 27.9 Å². The molecule has 5 heteroatoms. The summed E-state index contributed by atoms with van der Waals surface area (Å²) in [5, 5.41) is 9.61. The Morgan fingerprint density at radius 2 is 2.07 bits per heavy atom. The van der Waals surface area contributed by atoms with Crippen LogP contribution in [0.4, 0.5) is 0 Å². The Bertz CT molecular complexity index is 187. The molecule has 0 saturated heterocycles. The normalized spacial score (nSPS) is 18.4. The van der Waals surface area contributed by atoms with Gasteiger partial charge >= 0.3 is 0 Å². The molecule has 0 rings (SSSR count). The van der Waals surface area contributed by atoms with E-state index in [1.54, 1.807) is 0 Å². The van der Waals surface area contributed by atoms with Crippen molar-refractivity contribution in [1.82, 2.24) is 0 Å². The average molecular weight is 207 g/mol. The highest BCUT2D eigenvalue weighted by Gasteiger charge is 2.31. The molecule has 0 amide bonds. The number of methoxy groups -OCH3 is 3. The van der Waals surface area contributed by atoms with Crippen LogP contribution in [-0.2, 0) is 19.0 Å². The molecule has 14 heavy (non-hydrogen) atoms. The van der Waals surface area contributed by atoms with Crippen LogP contribution in [-0.4, -0.2) is 57.1 Å². The first-order valence-corrected chi connectivity index (χ1v) is 4.16. The van der Waals surface area contributed by atoms with Gasteiger partial charge in [-0.15, -0.1) is 0 Å². The molecule has 1 N–H and O–H groups in total. The molecule has 0 aromatic carbocycles. The van der Waals surface area contributed by atoms with Gasteiger partial charge in [-0.1, -0.05) is 0 Å². The van der Waals surface area contributed by atoms with E-state index in [0.717, 1.165) is 0 Å². The largest absolute Gasteiger partial charge is 0.388 e. The zero-order chi connectivity index (χ0) is 11.8. The van der Waals surface area contributed by atoms with Gasteiger partial charge in [-0.3, -0.25) is 4.79 Å². The molecule has 0 radical (unpaired) electrons. The summed E-state index contributed by atoms with van der Waals surface area (Å²) in [5.41, 5.74) is 0. The fourth-order valence-electron chi connectivity index (χ4n) is 1.20. The molecule has 0 spiro atoms. The summed E-state index contributed by atoms with van der Waals surface area (Å²) in [7, 11) is 4.14. The van der Waals surface area contributed by atoms with E-state index in [2.05, 4.69) is 0 Å². The van der Waals surface area contributed by atoms with Gasteiger partial charge < -0.3 is 19.3 Å². The van der Waals surface area contributed by atoms with Crippen LogP contribution in [0.2, 0.25) is 0 Å². The van der Waals surface area contributed by atoms with Gasteiger partial charge in [0.25, 0.3) is 0 Å². The van der Waals surface area contributed by atoms with Crippen LogP contribution < -0.4 is 0 Å². The lowest BCUT2D eigenvalue weighted by molar-refractivity contribution is -0.147. The maximum Gasteiger partial charge on any atom is 0.161 e. The van der Waals surface area contributed by atoms with E-state index in [0.29, 0.717) is 0 Å². The van der Waals surface area contributed by atoms with E-state index in [9.17, 15) is 9.90 Å². The highest BCUT2D eigenvalue weighted by molar-refractivity contribution is 5.81. The molecule has 0 aromatic rings. The predicted octanol–water partition coefficient (Wildman–Crippen LogP) is -0.387. The highest BCUT2D eigenvalue weighted by atomic mass is 16.5. The maximum atomic E-state index is 11.3. The molecule has 0 aliphatic rings. The fourth-order valence-corrected chi connectivity index (χ4v) is 1.20. The third-order valence-electron chi connectivity index (χ3n) is 1.86. The summed E-state index contributed by atoms with van der Waals surface area (Å²) in [5.74, 6) is -0.431. The number of carbonyl (C=O) groups is 1. The summed E-state index contributed by atoms with van der Waals surface area (Å²) < 4.78 is 21.6. The van der Waals surface area contributed by atoms with E-state index >= 15 is 0 Å². The molecule has 0 heterocycles. The lowest BCUT2D eigenvalue weighted by Gasteiger charge is -2.26. The van der Waals surface area contributed by atoms with Crippen molar-refractivity contribution in [2.45, 2.75) is 25.2 Å². The topological polar surface area (TPSA) is 65.0 Å². The van der Waals surface area contributed by atoms with Crippen LogP contribution in [0.15, 0.2) is 0 Å². The number of ketones is 1. The predicted molar refractivity (Wildman–Crippen MR) is 50.2 cm³/mol. The first-order valence-electron chi connectivity index (χ1n) is 4.87. The SMILES string of the molecule is [2H]CC(=O)[C@H](OC)[C@@H](OC)[C@H](O)COC. The molecular formula is C9H18O5. The second-order valence-corrected chi connectivity index (χ2v) is 2.85. The van der Waals surface area contributed by atoms with Gasteiger partial charge in [0, 0.05) is 22.7 Å². The van der Waals surface area contributed by atoms with Gasteiger partial charge in [-0.05, 0) is 6.90 Å². The van der Waals surface area contributed by atoms with Crippen LogP contribution in [0.3, 0.4) is 0 Å². The molecular weight excluding hydrogens is 188 g/mol. The van der Waals surface area contributed by atoms with Crippen molar-refractivity contribution in [1.29, 1.82) is 0 Å². The van der Waals surface area contributed by atoms with Gasteiger partial charge in [0.05, 0.1) is 6.61 Å². The third-order valence-corrected chi connectivity index (χ3v) is 1.86. The zero-order valence-electron chi connectivity index (χ0n) is 9.73. The molecule has 3 atom stereocenters. The smallest absolute Gasteiger partial charge is 0.161 e. The van der Waals surface area contributed by atoms with Crippen LogP contribution in [0.1, 0.15) is 8.27 Å². The van der Waals surface area contributed by atoms with Gasteiger partial charge in [0.2, 0.25) is 0 Å². The Balaban J connectivity index is 4.52. The Labute approximate surface area is 85.4 Å². The summed E-state index contributed by atoms with van der Waals surface area (Å²) >= 11 is 0. The van der Waals surface area contributed by atoms with Gasteiger partial charge in [0.1, 0.15) is 18.3 Å². The summed E-state index contributed by atoms with van der Waals surface area (Å²) in [6, 6.07) is 0. The van der Waals surface area contributed by atoms with Crippen molar-refractivity contribution in [3.05, 3.63) is 0 Å². The van der Waals surface area contributed by atoms with Crippen LogP contribution >= 0.6 is 0 Å². The minimum atomic E-state index is -0.958. The number of aliphatic hydroxyl groups is 1. The Kier molecular flexibility index (Phi) is 5.70. The lowest BCUT2D eigenvalue weighted by Crippen LogP contribution is -2.45. The van der Waals surface area contributed by atoms with E-state index in [4.69, 9.17) is 15.6 Å². The molecule has 0 bridgehead atoms. The highest BCUT2D eigenvalue weighted by Crippen LogP contribution is 2.09. The second kappa shape index (κ2) is 6.89. The van der Waals surface area contributed by atoms with E-state index < -0.39 is 31.0 Å². The van der Waals surface area contributed by atoms with Crippen molar-refractivity contribution >= 4 is 5.78 Å². The molecule has 0 aromatic heterocycles. The average Bonchev–Trinajstić information content (AvgIpc) is 2.24. The number of rotatable bonds is 7. The van der Waals surface area contributed by atoms with E-state index in [1.165, 1.54) is 21.3 Å². The van der Waals surface area contributed by atoms with Gasteiger partial charge in [-0.2, -0.15) is 0 Å². The Hall–Kier alpha value is -0.490. The van der Waals surface area contributed by atoms with Crippen molar-refractivity contribution in [3.8, 4) is 0 Å². The van der Waals surface area contributed by atoms with E-state index in [1.807, 2.05) is 0 Å². The zero-order valence-corrected chi connectivity index (χ0v) is 8.73. The first kappa shape index (κ1) is 11.6. The summed E-state index contributed by atoms with van der Waals surface area (Å²) in [6.07, 6.45) is -2.70. The molecule has 0 saturated carbocycles.